The van der Waals surface area contributed by atoms with Gasteiger partial charge >= 0.3 is 0 Å². The van der Waals surface area contributed by atoms with Crippen LogP contribution in [0.25, 0.3) is 0 Å². The van der Waals surface area contributed by atoms with Crippen molar-refractivity contribution in [2.45, 2.75) is 37.5 Å². The fourth-order valence-corrected chi connectivity index (χ4v) is 3.58. The minimum absolute atomic E-state index is 0.0482. The molecule has 138 valence electrons. The molecule has 2 N–H and O–H groups in total. The second-order valence-electron chi connectivity index (χ2n) is 6.56. The molecule has 0 aromatic heterocycles. The molecule has 7 heteroatoms. The highest BCUT2D eigenvalue weighted by molar-refractivity contribution is 5.77. The third-order valence-electron chi connectivity index (χ3n) is 4.85. The quantitative estimate of drug-likeness (QED) is 0.825. The number of aliphatic hydroxyl groups excluding tert-OH is 1. The van der Waals surface area contributed by atoms with Crippen LogP contribution in [-0.2, 0) is 9.53 Å². The average molecular weight is 352 g/mol. The Bertz CT molecular complexity index is 580. The first-order valence-electron chi connectivity index (χ1n) is 8.81. The molecule has 1 saturated carbocycles. The van der Waals surface area contributed by atoms with Crippen LogP contribution < -0.4 is 10.1 Å². The summed E-state index contributed by atoms with van der Waals surface area (Å²) in [6, 6.07) is 5.44. The number of carbonyl (C=O) groups is 1. The zero-order valence-corrected chi connectivity index (χ0v) is 14.2. The van der Waals surface area contributed by atoms with Gasteiger partial charge in [0.05, 0.1) is 25.4 Å². The van der Waals surface area contributed by atoms with Crippen LogP contribution in [0.4, 0.5) is 4.39 Å². The summed E-state index contributed by atoms with van der Waals surface area (Å²) in [4.78, 5) is 14.4. The third kappa shape index (κ3) is 4.90. The van der Waals surface area contributed by atoms with Gasteiger partial charge in [0.2, 0.25) is 0 Å². The number of carbonyl (C=O) groups excluding carboxylic acids is 1. The summed E-state index contributed by atoms with van der Waals surface area (Å²) in [5.74, 6) is -0.407. The highest BCUT2D eigenvalue weighted by Crippen LogP contribution is 2.24. The number of benzene rings is 1. The van der Waals surface area contributed by atoms with Gasteiger partial charge in [-0.1, -0.05) is 6.07 Å². The lowest BCUT2D eigenvalue weighted by Crippen LogP contribution is -2.58. The van der Waals surface area contributed by atoms with E-state index < -0.39 is 11.9 Å². The van der Waals surface area contributed by atoms with E-state index >= 15 is 0 Å². The lowest BCUT2D eigenvalue weighted by atomic mass is 9.87. The first-order chi connectivity index (χ1) is 12.1. The molecule has 0 unspecified atom stereocenters. The van der Waals surface area contributed by atoms with Gasteiger partial charge in [-0.2, -0.15) is 0 Å². The minimum atomic E-state index is -0.607. The maximum atomic E-state index is 13.1. The molecule has 3 rings (SSSR count). The van der Waals surface area contributed by atoms with Crippen molar-refractivity contribution in [3.63, 3.8) is 0 Å². The first kappa shape index (κ1) is 18.1. The summed E-state index contributed by atoms with van der Waals surface area (Å²) in [6.45, 7) is 2.79. The number of morpholine rings is 1. The van der Waals surface area contributed by atoms with Gasteiger partial charge in [0.15, 0.2) is 6.61 Å². The van der Waals surface area contributed by atoms with Crippen molar-refractivity contribution in [2.75, 3.05) is 32.9 Å². The van der Waals surface area contributed by atoms with Crippen LogP contribution >= 0.6 is 0 Å². The molecular formula is C18H25FN2O4. The number of aliphatic hydroxyl groups is 1. The van der Waals surface area contributed by atoms with Crippen LogP contribution in [0.3, 0.4) is 0 Å². The predicted octanol–water partition coefficient (Wildman–Crippen LogP) is 0.935. The molecule has 1 saturated heterocycles. The number of ether oxygens (including phenoxy) is 2. The van der Waals surface area contributed by atoms with E-state index in [1.54, 1.807) is 6.07 Å². The smallest absolute Gasteiger partial charge is 0.258 e. The van der Waals surface area contributed by atoms with Crippen molar-refractivity contribution in [2.24, 2.45) is 0 Å². The molecule has 0 bridgehead atoms. The maximum Gasteiger partial charge on any atom is 0.258 e. The van der Waals surface area contributed by atoms with Gasteiger partial charge in [-0.05, 0) is 31.4 Å². The molecule has 2 fully saturated rings. The first-order valence-corrected chi connectivity index (χ1v) is 8.81. The number of rotatable bonds is 5. The van der Waals surface area contributed by atoms with E-state index in [4.69, 9.17) is 9.47 Å². The molecule has 1 aliphatic carbocycles. The molecule has 1 aromatic carbocycles. The van der Waals surface area contributed by atoms with Crippen molar-refractivity contribution in [1.29, 1.82) is 0 Å². The molecule has 1 aromatic rings. The van der Waals surface area contributed by atoms with Gasteiger partial charge < -0.3 is 19.9 Å². The SMILES string of the molecule is O=C(COc1cccc(F)c1)N[C@@H]1CCC[C@@H](N2CCOCC2)[C@@H]1O. The molecular weight excluding hydrogens is 327 g/mol. The number of hydrogen-bond donors (Lipinski definition) is 2. The van der Waals surface area contributed by atoms with E-state index in [1.807, 2.05) is 0 Å². The molecule has 1 aliphatic heterocycles. The zero-order chi connectivity index (χ0) is 17.6. The van der Waals surface area contributed by atoms with Crippen LogP contribution in [0, 0.1) is 5.82 Å². The van der Waals surface area contributed by atoms with Crippen LogP contribution in [0.2, 0.25) is 0 Å². The monoisotopic (exact) mass is 352 g/mol. The summed E-state index contributed by atoms with van der Waals surface area (Å²) in [6.07, 6.45) is 2.01. The summed E-state index contributed by atoms with van der Waals surface area (Å²) in [7, 11) is 0. The maximum absolute atomic E-state index is 13.1. The van der Waals surface area contributed by atoms with E-state index in [2.05, 4.69) is 10.2 Å². The van der Waals surface area contributed by atoms with E-state index in [-0.39, 0.29) is 24.6 Å². The third-order valence-corrected chi connectivity index (χ3v) is 4.85. The largest absolute Gasteiger partial charge is 0.484 e. The Labute approximate surface area is 146 Å². The standard InChI is InChI=1S/C18H25FN2O4/c19-13-3-1-4-14(11-13)25-12-17(22)20-15-5-2-6-16(18(15)23)21-7-9-24-10-8-21/h1,3-4,11,15-16,18,23H,2,5-10,12H2,(H,20,22)/t15-,16-,18-/m1/s1. The normalized spacial score (nSPS) is 27.7. The van der Waals surface area contributed by atoms with Gasteiger partial charge in [-0.15, -0.1) is 0 Å². The van der Waals surface area contributed by atoms with Crippen molar-refractivity contribution in [1.82, 2.24) is 10.2 Å². The van der Waals surface area contributed by atoms with E-state index in [0.29, 0.717) is 19.0 Å². The van der Waals surface area contributed by atoms with Crippen molar-refractivity contribution in [3.05, 3.63) is 30.1 Å². The van der Waals surface area contributed by atoms with Crippen LogP contribution in [-0.4, -0.2) is 67.0 Å². The second kappa shape index (κ2) is 8.60. The number of amides is 1. The average Bonchev–Trinajstić information content (AvgIpc) is 2.63. The van der Waals surface area contributed by atoms with Crippen LogP contribution in [0.5, 0.6) is 5.75 Å². The molecule has 1 heterocycles. The van der Waals surface area contributed by atoms with Crippen LogP contribution in [0.1, 0.15) is 19.3 Å². The van der Waals surface area contributed by atoms with Gasteiger partial charge in [-0.25, -0.2) is 4.39 Å². The summed E-state index contributed by atoms with van der Waals surface area (Å²) >= 11 is 0. The topological polar surface area (TPSA) is 71.0 Å². The van der Waals surface area contributed by atoms with Gasteiger partial charge in [0.1, 0.15) is 11.6 Å². The fourth-order valence-electron chi connectivity index (χ4n) is 3.58. The van der Waals surface area contributed by atoms with E-state index in [0.717, 1.165) is 32.4 Å². The summed E-state index contributed by atoms with van der Waals surface area (Å²) in [5, 5.41) is 13.5. The van der Waals surface area contributed by atoms with Gasteiger partial charge in [0, 0.05) is 25.2 Å². The molecule has 6 nitrogen and oxygen atoms in total. The number of nitrogens with zero attached hydrogens (tertiary/aromatic N) is 1. The zero-order valence-electron chi connectivity index (χ0n) is 14.2. The highest BCUT2D eigenvalue weighted by Gasteiger charge is 2.36. The lowest BCUT2D eigenvalue weighted by Gasteiger charge is -2.42. The van der Waals surface area contributed by atoms with Crippen molar-refractivity contribution in [3.8, 4) is 5.75 Å². The Hall–Kier alpha value is -1.70. The molecule has 0 spiro atoms. The summed E-state index contributed by atoms with van der Waals surface area (Å²) in [5.41, 5.74) is 0. The Morgan fingerprint density at radius 3 is 2.92 bits per heavy atom. The van der Waals surface area contributed by atoms with Gasteiger partial charge in [0.25, 0.3) is 5.91 Å². The molecule has 0 radical (unpaired) electrons. The van der Waals surface area contributed by atoms with Gasteiger partial charge in [-0.3, -0.25) is 9.69 Å². The number of halogens is 1. The Balaban J connectivity index is 1.49. The van der Waals surface area contributed by atoms with E-state index in [1.165, 1.54) is 18.2 Å². The van der Waals surface area contributed by atoms with Crippen LogP contribution in [0.15, 0.2) is 24.3 Å². The van der Waals surface area contributed by atoms with E-state index in [9.17, 15) is 14.3 Å². The Kier molecular flexibility index (Phi) is 6.23. The summed E-state index contributed by atoms with van der Waals surface area (Å²) < 4.78 is 23.8. The minimum Gasteiger partial charge on any atom is -0.484 e. The predicted molar refractivity (Wildman–Crippen MR) is 89.9 cm³/mol. The Morgan fingerprint density at radius 1 is 1.36 bits per heavy atom. The molecule has 1 amide bonds. The van der Waals surface area contributed by atoms with Crippen molar-refractivity contribution < 1.29 is 23.8 Å². The lowest BCUT2D eigenvalue weighted by molar-refractivity contribution is -0.126. The molecule has 3 atom stereocenters. The Morgan fingerprint density at radius 2 is 2.16 bits per heavy atom. The second-order valence-corrected chi connectivity index (χ2v) is 6.56. The number of nitrogens with one attached hydrogen (secondary N) is 1. The fraction of sp³-hybridized carbons (Fsp3) is 0.611. The molecule has 25 heavy (non-hydrogen) atoms. The molecule has 2 aliphatic rings. The number of hydrogen-bond acceptors (Lipinski definition) is 5. The highest BCUT2D eigenvalue weighted by atomic mass is 19.1. The van der Waals surface area contributed by atoms with Crippen molar-refractivity contribution >= 4 is 5.91 Å².